The number of fused-ring (bicyclic) bond motifs is 6. The fraction of sp³-hybridized carbons (Fsp3) is 0.511. The van der Waals surface area contributed by atoms with Gasteiger partial charge < -0.3 is 24.4 Å². The summed E-state index contributed by atoms with van der Waals surface area (Å²) in [6, 6.07) is 22.5. The highest BCUT2D eigenvalue weighted by molar-refractivity contribution is 5.89. The first kappa shape index (κ1) is 38.4. The van der Waals surface area contributed by atoms with E-state index in [0.717, 1.165) is 104 Å². The average molecular weight is 788 g/mol. The van der Waals surface area contributed by atoms with E-state index in [1.54, 1.807) is 4.68 Å². The molecule has 5 aromatic rings. The molecule has 5 atom stereocenters. The van der Waals surface area contributed by atoms with Gasteiger partial charge in [0.1, 0.15) is 30.0 Å². The molecule has 1 aliphatic carbocycles. The minimum Gasteiger partial charge on any atom is -0.492 e. The van der Waals surface area contributed by atoms with E-state index in [1.165, 1.54) is 19.3 Å². The molecule has 3 aromatic heterocycles. The highest BCUT2D eigenvalue weighted by Gasteiger charge is 2.33. The molecule has 7 heterocycles. The number of amides is 2. The number of urea groups is 1. The molecule has 0 spiro atoms. The van der Waals surface area contributed by atoms with Gasteiger partial charge in [-0.25, -0.2) is 9.48 Å². The first-order chi connectivity index (χ1) is 28.2. The number of ether oxygens (including phenoxy) is 3. The number of carbonyl (C=O) groups excluding carboxylic acids is 1. The van der Waals surface area contributed by atoms with Crippen molar-refractivity contribution in [3.63, 3.8) is 0 Å². The van der Waals surface area contributed by atoms with Crippen LogP contribution in [0.2, 0.25) is 0 Å². The second-order valence-corrected chi connectivity index (χ2v) is 17.6. The molecule has 13 nitrogen and oxygen atoms in total. The van der Waals surface area contributed by atoms with Crippen LogP contribution in [-0.2, 0) is 10.2 Å². The quantitative estimate of drug-likeness (QED) is 0.146. The number of benzene rings is 2. The maximum absolute atomic E-state index is 13.9. The van der Waals surface area contributed by atoms with Crippen LogP contribution in [0.4, 0.5) is 16.6 Å². The van der Waals surface area contributed by atoms with Gasteiger partial charge in [-0.1, -0.05) is 51.1 Å². The van der Waals surface area contributed by atoms with Crippen molar-refractivity contribution in [3.8, 4) is 17.2 Å². The summed E-state index contributed by atoms with van der Waals surface area (Å²) in [5.74, 6) is 3.61. The lowest BCUT2D eigenvalue weighted by Crippen LogP contribution is -2.44. The number of rotatable bonds is 10. The van der Waals surface area contributed by atoms with Crippen LogP contribution < -0.4 is 25.0 Å². The summed E-state index contributed by atoms with van der Waals surface area (Å²) in [6.45, 7) is 13.8. The van der Waals surface area contributed by atoms with E-state index in [4.69, 9.17) is 19.3 Å². The SMILES string of the molecule is CC1CCCCN1c1nnc2ccc(OC3CCC(NC(=O)Nc4cc(C(C)(C)C)nn4-c4cccc(OCCN5CC6CCC5COC6)c4)c4ccccc43)cn12. The maximum Gasteiger partial charge on any atom is 0.320 e. The Kier molecular flexibility index (Phi) is 10.8. The van der Waals surface area contributed by atoms with Gasteiger partial charge in [0, 0.05) is 49.3 Å². The number of anilines is 2. The molecule has 4 fully saturated rings. The monoisotopic (exact) mass is 787 g/mol. The number of hydrogen-bond acceptors (Lipinski definition) is 9. The highest BCUT2D eigenvalue weighted by Crippen LogP contribution is 2.39. The van der Waals surface area contributed by atoms with Crippen LogP contribution in [0, 0.1) is 5.92 Å². The van der Waals surface area contributed by atoms with Crippen molar-refractivity contribution in [2.45, 2.75) is 102 Å². The lowest BCUT2D eigenvalue weighted by molar-refractivity contribution is 0.0928. The van der Waals surface area contributed by atoms with Crippen LogP contribution in [0.5, 0.6) is 11.5 Å². The molecule has 2 aromatic carbocycles. The zero-order chi connectivity index (χ0) is 39.8. The lowest BCUT2D eigenvalue weighted by atomic mass is 9.85. The van der Waals surface area contributed by atoms with Gasteiger partial charge in [0.25, 0.3) is 0 Å². The topological polar surface area (TPSA) is 123 Å². The molecule has 0 radical (unpaired) electrons. The standard InChI is InChI=1S/C45H57N9O4/c1-30-10-7-8-21-52(30)44-49-48-41-20-17-35(27-53(41)44)58-39-19-18-38(36-13-5-6-14-37(36)39)46-43(55)47-42-25-40(45(2,3)4)50-54(42)32-11-9-12-34(24-32)57-23-22-51-26-31-15-16-33(51)29-56-28-31/h5-6,9,11-14,17,20,24-25,27,30-31,33,38-39H,7-8,10,15-16,18-19,21-23,26,28-29H2,1-4H3,(H2,46,47,55). The Morgan fingerprint density at radius 3 is 2.66 bits per heavy atom. The van der Waals surface area contributed by atoms with Gasteiger partial charge in [0.05, 0.1) is 36.8 Å². The van der Waals surface area contributed by atoms with E-state index in [-0.39, 0.29) is 23.6 Å². The van der Waals surface area contributed by atoms with Crippen LogP contribution in [0.1, 0.15) is 102 Å². The normalized spacial score (nSPS) is 23.7. The molecule has 58 heavy (non-hydrogen) atoms. The second kappa shape index (κ2) is 16.2. The van der Waals surface area contributed by atoms with Gasteiger partial charge in [-0.15, -0.1) is 10.2 Å². The maximum atomic E-state index is 13.9. The zero-order valence-corrected chi connectivity index (χ0v) is 34.3. The summed E-state index contributed by atoms with van der Waals surface area (Å²) in [4.78, 5) is 18.8. The lowest BCUT2D eigenvalue weighted by Gasteiger charge is -2.35. The first-order valence-corrected chi connectivity index (χ1v) is 21.3. The minimum absolute atomic E-state index is 0.164. The van der Waals surface area contributed by atoms with Crippen molar-refractivity contribution in [3.05, 3.63) is 89.7 Å². The van der Waals surface area contributed by atoms with Crippen molar-refractivity contribution in [2.75, 3.05) is 49.7 Å². The molecule has 4 saturated heterocycles. The van der Waals surface area contributed by atoms with E-state index in [0.29, 0.717) is 30.4 Å². The van der Waals surface area contributed by atoms with Crippen LogP contribution in [0.25, 0.3) is 11.3 Å². The van der Waals surface area contributed by atoms with Crippen molar-refractivity contribution in [1.29, 1.82) is 0 Å². The van der Waals surface area contributed by atoms with Gasteiger partial charge in [0.2, 0.25) is 5.95 Å². The third kappa shape index (κ3) is 8.11. The third-order valence-corrected chi connectivity index (χ3v) is 12.4. The molecule has 2 bridgehead atoms. The van der Waals surface area contributed by atoms with Crippen molar-refractivity contribution >= 4 is 23.4 Å². The number of pyridine rings is 1. The molecule has 5 aliphatic rings. The number of piperidine rings is 2. The zero-order valence-electron chi connectivity index (χ0n) is 34.3. The highest BCUT2D eigenvalue weighted by atomic mass is 16.5. The molecule has 4 aliphatic heterocycles. The predicted octanol–water partition coefficient (Wildman–Crippen LogP) is 7.86. The van der Waals surface area contributed by atoms with Crippen molar-refractivity contribution < 1.29 is 19.0 Å². The van der Waals surface area contributed by atoms with Crippen LogP contribution >= 0.6 is 0 Å². The summed E-state index contributed by atoms with van der Waals surface area (Å²) < 4.78 is 22.7. The minimum atomic E-state index is -0.290. The Hall–Kier alpha value is -5.14. The van der Waals surface area contributed by atoms with Gasteiger partial charge in [-0.2, -0.15) is 5.10 Å². The fourth-order valence-electron chi connectivity index (χ4n) is 9.19. The third-order valence-electron chi connectivity index (χ3n) is 12.4. The fourth-order valence-corrected chi connectivity index (χ4v) is 9.19. The Labute approximate surface area is 341 Å². The average Bonchev–Trinajstić information content (AvgIpc) is 3.70. The van der Waals surface area contributed by atoms with E-state index < -0.39 is 0 Å². The van der Waals surface area contributed by atoms with E-state index >= 15 is 0 Å². The number of carbonyl (C=O) groups is 1. The summed E-state index contributed by atoms with van der Waals surface area (Å²) >= 11 is 0. The number of nitrogens with zero attached hydrogens (tertiary/aromatic N) is 7. The molecule has 0 saturated carbocycles. The number of hydrogen-bond donors (Lipinski definition) is 2. The van der Waals surface area contributed by atoms with Gasteiger partial charge in [0.15, 0.2) is 5.65 Å². The Morgan fingerprint density at radius 1 is 0.914 bits per heavy atom. The predicted molar refractivity (Wildman–Crippen MR) is 224 cm³/mol. The first-order valence-electron chi connectivity index (χ1n) is 21.3. The second-order valence-electron chi connectivity index (χ2n) is 17.6. The van der Waals surface area contributed by atoms with E-state index in [2.05, 4.69) is 74.9 Å². The van der Waals surface area contributed by atoms with Gasteiger partial charge >= 0.3 is 6.03 Å². The van der Waals surface area contributed by atoms with Crippen molar-refractivity contribution in [1.82, 2.24) is 34.6 Å². The number of aromatic nitrogens is 5. The molecule has 5 unspecified atom stereocenters. The molecule has 306 valence electrons. The summed E-state index contributed by atoms with van der Waals surface area (Å²) in [6.07, 6.45) is 9.31. The van der Waals surface area contributed by atoms with E-state index in [9.17, 15) is 4.79 Å². The molecular formula is C45H57N9O4. The Morgan fingerprint density at radius 2 is 1.79 bits per heavy atom. The Balaban J connectivity index is 0.880. The van der Waals surface area contributed by atoms with E-state index in [1.807, 2.05) is 60.8 Å². The van der Waals surface area contributed by atoms with Crippen LogP contribution in [-0.4, -0.2) is 86.8 Å². The molecule has 10 rings (SSSR count). The largest absolute Gasteiger partial charge is 0.492 e. The van der Waals surface area contributed by atoms with Crippen LogP contribution in [0.3, 0.4) is 0 Å². The Bertz CT molecular complexity index is 2220. The van der Waals surface area contributed by atoms with Crippen molar-refractivity contribution in [2.24, 2.45) is 5.92 Å². The summed E-state index contributed by atoms with van der Waals surface area (Å²) in [5, 5.41) is 20.4. The van der Waals surface area contributed by atoms with Gasteiger partial charge in [-0.05, 0) is 93.2 Å². The molecular weight excluding hydrogens is 731 g/mol. The van der Waals surface area contributed by atoms with Gasteiger partial charge in [-0.3, -0.25) is 14.6 Å². The molecule has 2 amide bonds. The molecule has 2 N–H and O–H groups in total. The summed E-state index contributed by atoms with van der Waals surface area (Å²) in [5.41, 5.74) is 4.38. The smallest absolute Gasteiger partial charge is 0.320 e. The summed E-state index contributed by atoms with van der Waals surface area (Å²) in [7, 11) is 0. The van der Waals surface area contributed by atoms with Crippen LogP contribution in [0.15, 0.2) is 72.9 Å². The molecule has 13 heteroatoms. The number of nitrogens with one attached hydrogen (secondary N) is 2.